The smallest absolute Gasteiger partial charge is 0.182 e. The Morgan fingerprint density at radius 1 is 1.62 bits per heavy atom. The van der Waals surface area contributed by atoms with Gasteiger partial charge in [0.15, 0.2) is 5.78 Å². The van der Waals surface area contributed by atoms with Crippen molar-refractivity contribution in [3.8, 4) is 0 Å². The summed E-state index contributed by atoms with van der Waals surface area (Å²) in [6.07, 6.45) is 1.06. The number of alkyl halides is 1. The lowest BCUT2D eigenvalue weighted by molar-refractivity contribution is 0.0932. The Kier molecular flexibility index (Phi) is 3.61. The molecule has 1 N–H and O–H groups in total. The quantitative estimate of drug-likeness (QED) is 0.816. The van der Waals surface area contributed by atoms with Gasteiger partial charge in [0.1, 0.15) is 6.67 Å². The van der Waals surface area contributed by atoms with Gasteiger partial charge < -0.3 is 5.32 Å². The molecular weight excluding hydrogens is 225 g/mol. The molecule has 0 aliphatic carbocycles. The molecule has 1 unspecified atom stereocenters. The van der Waals surface area contributed by atoms with Crippen molar-refractivity contribution >= 4 is 17.5 Å². The molecule has 0 saturated heterocycles. The Morgan fingerprint density at radius 2 is 2.44 bits per heavy atom. The van der Waals surface area contributed by atoms with E-state index < -0.39 is 12.7 Å². The fourth-order valence-corrected chi connectivity index (χ4v) is 2.91. The summed E-state index contributed by atoms with van der Waals surface area (Å²) in [5, 5.41) is 2.69. The minimum Gasteiger partial charge on any atom is -0.308 e. The monoisotopic (exact) mass is 239 g/mol. The molecule has 0 saturated carbocycles. The number of thioether (sulfide) groups is 1. The van der Waals surface area contributed by atoms with Crippen LogP contribution in [0, 0.1) is 0 Å². The largest absolute Gasteiger partial charge is 0.308 e. The zero-order valence-corrected chi connectivity index (χ0v) is 9.94. The van der Waals surface area contributed by atoms with Gasteiger partial charge in [-0.15, -0.1) is 11.8 Å². The Hall–Kier alpha value is -0.870. The molecule has 86 valence electrons. The van der Waals surface area contributed by atoms with E-state index in [1.807, 2.05) is 12.1 Å². The van der Waals surface area contributed by atoms with Crippen molar-refractivity contribution in [2.45, 2.75) is 17.4 Å². The fraction of sp³-hybridized carbons (Fsp3) is 0.417. The Labute approximate surface area is 98.6 Å². The summed E-state index contributed by atoms with van der Waals surface area (Å²) in [5.41, 5.74) is 1.90. The van der Waals surface area contributed by atoms with Crippen LogP contribution in [0.3, 0.4) is 0 Å². The minimum absolute atomic E-state index is 0.166. The third-order valence-corrected chi connectivity index (χ3v) is 3.90. The van der Waals surface area contributed by atoms with E-state index in [1.165, 1.54) is 10.5 Å². The number of hydrogen-bond acceptors (Lipinski definition) is 3. The Bertz CT molecular complexity index is 404. The number of carbonyl (C=O) groups is 1. The summed E-state index contributed by atoms with van der Waals surface area (Å²) >= 11 is 1.76. The van der Waals surface area contributed by atoms with Crippen LogP contribution in [0.15, 0.2) is 23.1 Å². The molecule has 1 aromatic carbocycles. The summed E-state index contributed by atoms with van der Waals surface area (Å²) in [6, 6.07) is 4.94. The molecule has 2 nitrogen and oxygen atoms in total. The number of fused-ring (bicyclic) bond motifs is 1. The second-order valence-corrected chi connectivity index (χ2v) is 4.92. The summed E-state index contributed by atoms with van der Waals surface area (Å²) < 4.78 is 12.6. The lowest BCUT2D eigenvalue weighted by Crippen LogP contribution is -2.35. The minimum atomic E-state index is -0.718. The van der Waals surface area contributed by atoms with Gasteiger partial charge in [0.25, 0.3) is 0 Å². The van der Waals surface area contributed by atoms with E-state index in [9.17, 15) is 9.18 Å². The number of halogens is 1. The lowest BCUT2D eigenvalue weighted by atomic mass is 10.0. The first-order chi connectivity index (χ1) is 7.76. The van der Waals surface area contributed by atoms with Crippen molar-refractivity contribution in [2.75, 3.05) is 19.5 Å². The molecule has 0 spiro atoms. The predicted octanol–water partition coefficient (Wildman–Crippen LogP) is 2.08. The van der Waals surface area contributed by atoms with Gasteiger partial charge in [0, 0.05) is 16.2 Å². The normalized spacial score (nSPS) is 15.9. The van der Waals surface area contributed by atoms with Crippen LogP contribution in [0.2, 0.25) is 0 Å². The number of aryl methyl sites for hydroxylation is 1. The van der Waals surface area contributed by atoms with Gasteiger partial charge in [-0.05, 0) is 25.1 Å². The SMILES string of the molecule is CNC(CF)C(=O)c1ccc2c(c1)SCC2. The van der Waals surface area contributed by atoms with Crippen LogP contribution in [-0.4, -0.2) is 31.3 Å². The first-order valence-electron chi connectivity index (χ1n) is 5.29. The van der Waals surface area contributed by atoms with Crippen LogP contribution < -0.4 is 5.32 Å². The van der Waals surface area contributed by atoms with Crippen LogP contribution in [0.5, 0.6) is 0 Å². The zero-order valence-electron chi connectivity index (χ0n) is 9.13. The summed E-state index contributed by atoms with van der Waals surface area (Å²) in [7, 11) is 1.60. The number of benzene rings is 1. The highest BCUT2D eigenvalue weighted by Gasteiger charge is 2.20. The molecule has 1 aromatic rings. The molecule has 1 aliphatic heterocycles. The maximum atomic E-state index is 12.6. The molecule has 4 heteroatoms. The highest BCUT2D eigenvalue weighted by atomic mass is 32.2. The second-order valence-electron chi connectivity index (χ2n) is 3.78. The molecule has 0 aromatic heterocycles. The molecular formula is C12H14FNOS. The molecule has 0 radical (unpaired) electrons. The van der Waals surface area contributed by atoms with Gasteiger partial charge in [0.05, 0.1) is 6.04 Å². The number of likely N-dealkylation sites (N-methyl/N-ethyl adjacent to an activating group) is 1. The lowest BCUT2D eigenvalue weighted by Gasteiger charge is -2.11. The predicted molar refractivity (Wildman–Crippen MR) is 64.0 cm³/mol. The second kappa shape index (κ2) is 4.97. The van der Waals surface area contributed by atoms with E-state index in [0.717, 1.165) is 12.2 Å². The van der Waals surface area contributed by atoms with E-state index in [0.29, 0.717) is 5.56 Å². The molecule has 0 amide bonds. The van der Waals surface area contributed by atoms with Crippen LogP contribution in [0.1, 0.15) is 15.9 Å². The number of ketones is 1. The van der Waals surface area contributed by atoms with E-state index in [1.54, 1.807) is 24.9 Å². The topological polar surface area (TPSA) is 29.1 Å². The van der Waals surface area contributed by atoms with Crippen LogP contribution in [0.25, 0.3) is 0 Å². The van der Waals surface area contributed by atoms with E-state index >= 15 is 0 Å². The van der Waals surface area contributed by atoms with Crippen molar-refractivity contribution in [1.29, 1.82) is 0 Å². The maximum absolute atomic E-state index is 12.6. The highest BCUT2D eigenvalue weighted by Crippen LogP contribution is 2.32. The number of rotatable bonds is 4. The standard InChI is InChI=1S/C12H14FNOS/c1-14-10(7-13)12(15)9-3-2-8-4-5-16-11(8)6-9/h2-3,6,10,14H,4-5,7H2,1H3. The van der Waals surface area contributed by atoms with E-state index in [2.05, 4.69) is 5.32 Å². The molecule has 0 fully saturated rings. The van der Waals surface area contributed by atoms with Gasteiger partial charge in [-0.2, -0.15) is 0 Å². The van der Waals surface area contributed by atoms with E-state index in [4.69, 9.17) is 0 Å². The van der Waals surface area contributed by atoms with Crippen LogP contribution in [-0.2, 0) is 6.42 Å². The van der Waals surface area contributed by atoms with Crippen LogP contribution >= 0.6 is 11.8 Å². The molecule has 1 atom stereocenters. The number of carbonyl (C=O) groups excluding carboxylic acids is 1. The molecule has 16 heavy (non-hydrogen) atoms. The molecule has 0 bridgehead atoms. The first-order valence-corrected chi connectivity index (χ1v) is 6.28. The van der Waals surface area contributed by atoms with Gasteiger partial charge >= 0.3 is 0 Å². The average Bonchev–Trinajstić information content (AvgIpc) is 2.77. The number of Topliss-reactive ketones (excluding diaryl/α,β-unsaturated/α-hetero) is 1. The van der Waals surface area contributed by atoms with Crippen molar-refractivity contribution in [1.82, 2.24) is 5.32 Å². The number of hydrogen-bond donors (Lipinski definition) is 1. The van der Waals surface area contributed by atoms with Gasteiger partial charge in [-0.25, -0.2) is 4.39 Å². The summed E-state index contributed by atoms with van der Waals surface area (Å²) in [4.78, 5) is 13.1. The van der Waals surface area contributed by atoms with E-state index in [-0.39, 0.29) is 5.78 Å². The average molecular weight is 239 g/mol. The maximum Gasteiger partial charge on any atom is 0.182 e. The molecule has 2 rings (SSSR count). The Morgan fingerprint density at radius 3 is 3.12 bits per heavy atom. The molecule has 1 aliphatic rings. The van der Waals surface area contributed by atoms with Gasteiger partial charge in [-0.1, -0.05) is 12.1 Å². The summed E-state index contributed by atoms with van der Waals surface area (Å²) in [5.74, 6) is 0.909. The third kappa shape index (κ3) is 2.13. The van der Waals surface area contributed by atoms with Crippen molar-refractivity contribution in [2.24, 2.45) is 0 Å². The fourth-order valence-electron chi connectivity index (χ4n) is 1.80. The molecule has 1 heterocycles. The van der Waals surface area contributed by atoms with Crippen LogP contribution in [0.4, 0.5) is 4.39 Å². The number of nitrogens with one attached hydrogen (secondary N) is 1. The van der Waals surface area contributed by atoms with Crippen molar-refractivity contribution < 1.29 is 9.18 Å². The van der Waals surface area contributed by atoms with Gasteiger partial charge in [-0.3, -0.25) is 4.79 Å². The first kappa shape index (κ1) is 11.6. The third-order valence-electron chi connectivity index (χ3n) is 2.80. The summed E-state index contributed by atoms with van der Waals surface area (Å²) in [6.45, 7) is -0.667. The van der Waals surface area contributed by atoms with Crippen molar-refractivity contribution in [3.05, 3.63) is 29.3 Å². The highest BCUT2D eigenvalue weighted by molar-refractivity contribution is 7.99. The zero-order chi connectivity index (χ0) is 11.5. The van der Waals surface area contributed by atoms with Gasteiger partial charge in [0.2, 0.25) is 0 Å². The Balaban J connectivity index is 2.24. The van der Waals surface area contributed by atoms with Crippen molar-refractivity contribution in [3.63, 3.8) is 0 Å².